The van der Waals surface area contributed by atoms with Gasteiger partial charge in [-0.25, -0.2) is 0 Å². The number of guanidine groups is 1. The molecule has 0 amide bonds. The third-order valence-electron chi connectivity index (χ3n) is 6.47. The molecule has 28 heavy (non-hydrogen) atoms. The molecule has 3 aliphatic rings. The van der Waals surface area contributed by atoms with Gasteiger partial charge < -0.3 is 20.1 Å². The monoisotopic (exact) mass is 508 g/mol. The van der Waals surface area contributed by atoms with Crippen molar-refractivity contribution in [2.45, 2.75) is 75.9 Å². The zero-order chi connectivity index (χ0) is 18.8. The van der Waals surface area contributed by atoms with Crippen LogP contribution in [-0.4, -0.2) is 75.5 Å². The third-order valence-corrected chi connectivity index (χ3v) is 6.47. The number of aliphatic imine (C=N–C) groups is 1. The first-order valence-corrected chi connectivity index (χ1v) is 11.2. The number of likely N-dealkylation sites (tertiary alicyclic amines) is 1. The molecule has 2 aliphatic heterocycles. The lowest BCUT2D eigenvalue weighted by Gasteiger charge is -2.48. The van der Waals surface area contributed by atoms with Crippen LogP contribution in [0.3, 0.4) is 0 Å². The second-order valence-electron chi connectivity index (χ2n) is 8.40. The van der Waals surface area contributed by atoms with Crippen molar-refractivity contribution in [2.24, 2.45) is 4.99 Å². The number of piperidine rings is 1. The van der Waals surface area contributed by atoms with E-state index in [2.05, 4.69) is 20.5 Å². The summed E-state index contributed by atoms with van der Waals surface area (Å²) in [6, 6.07) is 0. The predicted octanol–water partition coefficient (Wildman–Crippen LogP) is 3.15. The second-order valence-corrected chi connectivity index (χ2v) is 8.40. The summed E-state index contributed by atoms with van der Waals surface area (Å²) < 4.78 is 11.2. The Morgan fingerprint density at radius 3 is 2.54 bits per heavy atom. The topological polar surface area (TPSA) is 58.1 Å². The van der Waals surface area contributed by atoms with E-state index >= 15 is 0 Å². The fraction of sp³-hybridized carbons (Fsp3) is 0.952. The number of hydrogen-bond donors (Lipinski definition) is 2. The highest BCUT2D eigenvalue weighted by Crippen LogP contribution is 2.35. The molecule has 7 heteroatoms. The van der Waals surface area contributed by atoms with Crippen molar-refractivity contribution >= 4 is 29.9 Å². The molecule has 1 saturated carbocycles. The van der Waals surface area contributed by atoms with Gasteiger partial charge in [0, 0.05) is 38.9 Å². The summed E-state index contributed by atoms with van der Waals surface area (Å²) in [5.41, 5.74) is 0.335. The van der Waals surface area contributed by atoms with Crippen molar-refractivity contribution in [3.8, 4) is 0 Å². The summed E-state index contributed by atoms with van der Waals surface area (Å²) in [4.78, 5) is 7.22. The van der Waals surface area contributed by atoms with E-state index in [1.54, 1.807) is 0 Å². The number of halogens is 1. The van der Waals surface area contributed by atoms with Gasteiger partial charge in [0.1, 0.15) is 0 Å². The van der Waals surface area contributed by atoms with E-state index in [1.807, 2.05) is 7.05 Å². The molecule has 0 aromatic rings. The molecular formula is C21H41IN4O2. The minimum atomic E-state index is 0. The standard InChI is InChI=1S/C21H40N4O2.HI/c1-22-20(23-12-8-15-27-19-9-16-26-17-19)24-18-21(10-4-2-5-11-21)25-13-6-3-7-14-25;/h19H,2-18H2,1H3,(H2,22,23,24);1H. The quantitative estimate of drug-likeness (QED) is 0.228. The summed E-state index contributed by atoms with van der Waals surface area (Å²) in [7, 11) is 1.87. The molecule has 3 fully saturated rings. The molecule has 0 spiro atoms. The molecule has 3 rings (SSSR count). The summed E-state index contributed by atoms with van der Waals surface area (Å²) in [6.45, 7) is 6.85. The van der Waals surface area contributed by atoms with E-state index in [1.165, 1.54) is 64.5 Å². The number of nitrogens with zero attached hydrogens (tertiary/aromatic N) is 2. The highest BCUT2D eigenvalue weighted by molar-refractivity contribution is 14.0. The van der Waals surface area contributed by atoms with Crippen molar-refractivity contribution < 1.29 is 9.47 Å². The van der Waals surface area contributed by atoms with Crippen LogP contribution in [0.1, 0.15) is 64.2 Å². The molecule has 0 aromatic carbocycles. The van der Waals surface area contributed by atoms with E-state index in [9.17, 15) is 0 Å². The molecule has 0 bridgehead atoms. The van der Waals surface area contributed by atoms with Crippen LogP contribution in [0.2, 0.25) is 0 Å². The molecule has 2 N–H and O–H groups in total. The number of ether oxygens (including phenoxy) is 2. The lowest BCUT2D eigenvalue weighted by molar-refractivity contribution is 0.0366. The number of hydrogen-bond acceptors (Lipinski definition) is 4. The first-order chi connectivity index (χ1) is 13.3. The lowest BCUT2D eigenvalue weighted by atomic mass is 9.79. The fourth-order valence-corrected chi connectivity index (χ4v) is 4.83. The Hall–Kier alpha value is -0.120. The fourth-order valence-electron chi connectivity index (χ4n) is 4.83. The average molecular weight is 508 g/mol. The highest BCUT2D eigenvalue weighted by atomic mass is 127. The molecule has 0 radical (unpaired) electrons. The van der Waals surface area contributed by atoms with Crippen LogP contribution in [0.25, 0.3) is 0 Å². The van der Waals surface area contributed by atoms with Crippen LogP contribution >= 0.6 is 24.0 Å². The maximum atomic E-state index is 5.84. The van der Waals surface area contributed by atoms with Gasteiger partial charge in [-0.2, -0.15) is 0 Å². The van der Waals surface area contributed by atoms with Crippen molar-refractivity contribution in [3.05, 3.63) is 0 Å². The van der Waals surface area contributed by atoms with Gasteiger partial charge in [0.15, 0.2) is 5.96 Å². The Kier molecular flexibility index (Phi) is 11.4. The van der Waals surface area contributed by atoms with Gasteiger partial charge in [-0.05, 0) is 51.6 Å². The van der Waals surface area contributed by atoms with Gasteiger partial charge in [-0.1, -0.05) is 25.7 Å². The molecule has 1 atom stereocenters. The van der Waals surface area contributed by atoms with Crippen molar-refractivity contribution in [1.29, 1.82) is 0 Å². The highest BCUT2D eigenvalue weighted by Gasteiger charge is 2.38. The Bertz CT molecular complexity index is 446. The van der Waals surface area contributed by atoms with Gasteiger partial charge in [0.2, 0.25) is 0 Å². The minimum Gasteiger partial charge on any atom is -0.379 e. The molecule has 0 aromatic heterocycles. The first kappa shape index (κ1) is 24.2. The van der Waals surface area contributed by atoms with Gasteiger partial charge in [-0.15, -0.1) is 24.0 Å². The van der Waals surface area contributed by atoms with Gasteiger partial charge >= 0.3 is 0 Å². The van der Waals surface area contributed by atoms with Crippen LogP contribution in [0.5, 0.6) is 0 Å². The van der Waals surface area contributed by atoms with Crippen LogP contribution < -0.4 is 10.6 Å². The molecule has 6 nitrogen and oxygen atoms in total. The molecule has 1 aliphatic carbocycles. The Morgan fingerprint density at radius 2 is 1.86 bits per heavy atom. The van der Waals surface area contributed by atoms with Gasteiger partial charge in [-0.3, -0.25) is 9.89 Å². The van der Waals surface area contributed by atoms with E-state index in [-0.39, 0.29) is 24.0 Å². The summed E-state index contributed by atoms with van der Waals surface area (Å²) in [6.07, 6.45) is 13.2. The maximum absolute atomic E-state index is 5.84. The summed E-state index contributed by atoms with van der Waals surface area (Å²) >= 11 is 0. The third kappa shape index (κ3) is 7.29. The average Bonchev–Trinajstić information content (AvgIpc) is 3.25. The van der Waals surface area contributed by atoms with Crippen LogP contribution in [-0.2, 0) is 9.47 Å². The Labute approximate surface area is 188 Å². The summed E-state index contributed by atoms with van der Waals surface area (Å²) in [5, 5.41) is 7.11. The van der Waals surface area contributed by atoms with Crippen molar-refractivity contribution in [3.63, 3.8) is 0 Å². The SMILES string of the molecule is CN=C(NCCCOC1CCOC1)NCC1(N2CCCCC2)CCCCC1.I. The van der Waals surface area contributed by atoms with E-state index in [4.69, 9.17) is 9.47 Å². The largest absolute Gasteiger partial charge is 0.379 e. The summed E-state index contributed by atoms with van der Waals surface area (Å²) in [5.74, 6) is 0.932. The first-order valence-electron chi connectivity index (χ1n) is 11.2. The zero-order valence-corrected chi connectivity index (χ0v) is 20.0. The van der Waals surface area contributed by atoms with E-state index in [0.29, 0.717) is 11.6 Å². The van der Waals surface area contributed by atoms with E-state index in [0.717, 1.165) is 51.7 Å². The predicted molar refractivity (Wildman–Crippen MR) is 126 cm³/mol. The second kappa shape index (κ2) is 13.2. The molecule has 2 saturated heterocycles. The smallest absolute Gasteiger partial charge is 0.191 e. The van der Waals surface area contributed by atoms with Crippen LogP contribution in [0.15, 0.2) is 4.99 Å². The van der Waals surface area contributed by atoms with Gasteiger partial charge in [0.05, 0.1) is 12.7 Å². The maximum Gasteiger partial charge on any atom is 0.191 e. The molecular weight excluding hydrogens is 467 g/mol. The Morgan fingerprint density at radius 1 is 1.11 bits per heavy atom. The molecule has 164 valence electrons. The number of nitrogens with one attached hydrogen (secondary N) is 2. The normalized spacial score (nSPS) is 25.9. The van der Waals surface area contributed by atoms with Crippen LogP contribution in [0.4, 0.5) is 0 Å². The molecule has 1 unspecified atom stereocenters. The van der Waals surface area contributed by atoms with Crippen LogP contribution in [0, 0.1) is 0 Å². The lowest BCUT2D eigenvalue weighted by Crippen LogP contribution is -2.59. The number of rotatable bonds is 8. The van der Waals surface area contributed by atoms with E-state index < -0.39 is 0 Å². The van der Waals surface area contributed by atoms with Crippen molar-refractivity contribution in [2.75, 3.05) is 53.0 Å². The Balaban J connectivity index is 0.00000280. The molecule has 2 heterocycles. The minimum absolute atomic E-state index is 0. The van der Waals surface area contributed by atoms with Gasteiger partial charge in [0.25, 0.3) is 0 Å². The zero-order valence-electron chi connectivity index (χ0n) is 17.7. The van der Waals surface area contributed by atoms with Crippen molar-refractivity contribution in [1.82, 2.24) is 15.5 Å².